The van der Waals surface area contributed by atoms with Crippen molar-refractivity contribution >= 4 is 17.4 Å². The zero-order valence-electron chi connectivity index (χ0n) is 8.03. The fourth-order valence-electron chi connectivity index (χ4n) is 1.64. The van der Waals surface area contributed by atoms with E-state index >= 15 is 0 Å². The molecule has 1 aliphatic rings. The fourth-order valence-corrected chi connectivity index (χ4v) is 1.77. The molecule has 0 bridgehead atoms. The van der Waals surface area contributed by atoms with Crippen molar-refractivity contribution in [1.29, 1.82) is 0 Å². The lowest BCUT2D eigenvalue weighted by Gasteiger charge is -2.30. The molecule has 0 atom stereocenters. The van der Waals surface area contributed by atoms with E-state index in [0.29, 0.717) is 25.9 Å². The molecule has 4 nitrogen and oxygen atoms in total. The Labute approximate surface area is 91.7 Å². The molecule has 0 aliphatic carbocycles. The summed E-state index contributed by atoms with van der Waals surface area (Å²) in [5.74, 6) is -0.252. The highest BCUT2D eigenvalue weighted by atomic mass is 35.5. The van der Waals surface area contributed by atoms with Crippen LogP contribution in [-0.2, 0) is 0 Å². The first kappa shape index (κ1) is 10.6. The van der Waals surface area contributed by atoms with Gasteiger partial charge in [-0.3, -0.25) is 0 Å². The highest BCUT2D eigenvalue weighted by Crippen LogP contribution is 2.21. The topological polar surface area (TPSA) is 49.2 Å². The molecular weight excluding hydrogens is 221 g/mol. The highest BCUT2D eigenvalue weighted by Gasteiger charge is 2.21. The van der Waals surface area contributed by atoms with Crippen LogP contribution in [0.15, 0.2) is 6.20 Å². The normalized spacial score (nSPS) is 18.2. The number of piperidine rings is 1. The molecule has 1 saturated heterocycles. The molecular formula is C9H11ClFN3O. The average molecular weight is 232 g/mol. The minimum Gasteiger partial charge on any atom is -0.393 e. The molecule has 0 unspecified atom stereocenters. The number of nitrogens with zero attached hydrogens (tertiary/aromatic N) is 3. The molecule has 15 heavy (non-hydrogen) atoms. The summed E-state index contributed by atoms with van der Waals surface area (Å²) in [6, 6.07) is 0. The monoisotopic (exact) mass is 231 g/mol. The Bertz CT molecular complexity index is 355. The van der Waals surface area contributed by atoms with Crippen LogP contribution in [0.5, 0.6) is 0 Å². The summed E-state index contributed by atoms with van der Waals surface area (Å²) in [6.07, 6.45) is 2.03. The molecule has 1 aliphatic heterocycles. The maximum atomic E-state index is 13.4. The quantitative estimate of drug-likeness (QED) is 0.739. The van der Waals surface area contributed by atoms with Crippen LogP contribution in [-0.4, -0.2) is 34.3 Å². The van der Waals surface area contributed by atoms with Crippen LogP contribution in [0.25, 0.3) is 0 Å². The Morgan fingerprint density at radius 3 is 2.80 bits per heavy atom. The Morgan fingerprint density at radius 1 is 1.47 bits per heavy atom. The van der Waals surface area contributed by atoms with Gasteiger partial charge in [-0.25, -0.2) is 9.37 Å². The first-order valence-corrected chi connectivity index (χ1v) is 5.15. The van der Waals surface area contributed by atoms with Crippen LogP contribution in [0.1, 0.15) is 12.8 Å². The summed E-state index contributed by atoms with van der Waals surface area (Å²) in [4.78, 5) is 9.17. The zero-order valence-corrected chi connectivity index (χ0v) is 8.78. The van der Waals surface area contributed by atoms with Gasteiger partial charge in [0.15, 0.2) is 11.6 Å². The summed E-state index contributed by atoms with van der Waals surface area (Å²) in [7, 11) is 0. The molecule has 0 spiro atoms. The Balaban J connectivity index is 2.18. The smallest absolute Gasteiger partial charge is 0.224 e. The number of aliphatic hydroxyl groups excluding tert-OH is 1. The molecule has 0 saturated carbocycles. The van der Waals surface area contributed by atoms with Crippen molar-refractivity contribution in [2.45, 2.75) is 18.9 Å². The SMILES string of the molecule is OC1CCN(c2nc(Cl)ncc2F)CC1. The number of rotatable bonds is 1. The van der Waals surface area contributed by atoms with Crippen molar-refractivity contribution in [2.24, 2.45) is 0 Å². The standard InChI is InChI=1S/C9H11ClFN3O/c10-9-12-5-7(11)8(13-9)14-3-1-6(15)2-4-14/h5-6,15H,1-4H2. The third-order valence-corrected chi connectivity index (χ3v) is 2.64. The minimum absolute atomic E-state index is 0.0394. The van der Waals surface area contributed by atoms with E-state index in [2.05, 4.69) is 9.97 Å². The molecule has 1 N–H and O–H groups in total. The van der Waals surface area contributed by atoms with Gasteiger partial charge in [0.1, 0.15) is 0 Å². The van der Waals surface area contributed by atoms with Gasteiger partial charge in [-0.2, -0.15) is 4.98 Å². The average Bonchev–Trinajstić information content (AvgIpc) is 2.23. The number of hydrogen-bond donors (Lipinski definition) is 1. The van der Waals surface area contributed by atoms with Crippen molar-refractivity contribution in [3.8, 4) is 0 Å². The summed E-state index contributed by atoms with van der Waals surface area (Å²) >= 11 is 5.60. The van der Waals surface area contributed by atoms with Crippen molar-refractivity contribution in [1.82, 2.24) is 9.97 Å². The van der Waals surface area contributed by atoms with Gasteiger partial charge in [-0.1, -0.05) is 0 Å². The molecule has 0 radical (unpaired) electrons. The molecule has 1 fully saturated rings. The molecule has 2 heterocycles. The van der Waals surface area contributed by atoms with Crippen molar-refractivity contribution in [3.63, 3.8) is 0 Å². The highest BCUT2D eigenvalue weighted by molar-refractivity contribution is 6.28. The van der Waals surface area contributed by atoms with Gasteiger partial charge in [0.2, 0.25) is 5.28 Å². The molecule has 82 valence electrons. The van der Waals surface area contributed by atoms with Crippen molar-refractivity contribution in [3.05, 3.63) is 17.3 Å². The van der Waals surface area contributed by atoms with Gasteiger partial charge in [-0.05, 0) is 24.4 Å². The predicted molar refractivity (Wildman–Crippen MR) is 54.5 cm³/mol. The van der Waals surface area contributed by atoms with E-state index in [1.807, 2.05) is 0 Å². The van der Waals surface area contributed by atoms with Gasteiger partial charge in [0, 0.05) is 13.1 Å². The number of halogens is 2. The van der Waals surface area contributed by atoms with Crippen LogP contribution in [0, 0.1) is 5.82 Å². The van der Waals surface area contributed by atoms with E-state index in [1.54, 1.807) is 4.90 Å². The van der Waals surface area contributed by atoms with Crippen LogP contribution in [0.2, 0.25) is 5.28 Å². The van der Waals surface area contributed by atoms with E-state index in [0.717, 1.165) is 6.20 Å². The number of anilines is 1. The van der Waals surface area contributed by atoms with E-state index in [1.165, 1.54) is 0 Å². The maximum absolute atomic E-state index is 13.4. The largest absolute Gasteiger partial charge is 0.393 e. The summed E-state index contributed by atoms with van der Waals surface area (Å²) in [5.41, 5.74) is 0. The van der Waals surface area contributed by atoms with E-state index in [4.69, 9.17) is 11.6 Å². The third kappa shape index (κ3) is 2.35. The fraction of sp³-hybridized carbons (Fsp3) is 0.556. The predicted octanol–water partition coefficient (Wildman–Crippen LogP) is 1.23. The van der Waals surface area contributed by atoms with Crippen molar-refractivity contribution < 1.29 is 9.50 Å². The van der Waals surface area contributed by atoms with Gasteiger partial charge in [0.25, 0.3) is 0 Å². The Kier molecular flexibility index (Phi) is 3.02. The number of hydrogen-bond acceptors (Lipinski definition) is 4. The van der Waals surface area contributed by atoms with Crippen molar-refractivity contribution in [2.75, 3.05) is 18.0 Å². The van der Waals surface area contributed by atoms with Crippen LogP contribution in [0.3, 0.4) is 0 Å². The second kappa shape index (κ2) is 4.28. The van der Waals surface area contributed by atoms with Gasteiger partial charge in [0.05, 0.1) is 12.3 Å². The molecule has 2 rings (SSSR count). The number of aromatic nitrogens is 2. The number of aliphatic hydroxyl groups is 1. The molecule has 1 aromatic rings. The Hall–Kier alpha value is -0.940. The lowest BCUT2D eigenvalue weighted by molar-refractivity contribution is 0.145. The first-order chi connectivity index (χ1) is 7.16. The molecule has 1 aromatic heterocycles. The van der Waals surface area contributed by atoms with Gasteiger partial charge >= 0.3 is 0 Å². The van der Waals surface area contributed by atoms with Gasteiger partial charge < -0.3 is 10.0 Å². The van der Waals surface area contributed by atoms with Crippen LogP contribution < -0.4 is 4.90 Å². The van der Waals surface area contributed by atoms with Crippen LogP contribution in [0.4, 0.5) is 10.2 Å². The van der Waals surface area contributed by atoms with Gasteiger partial charge in [-0.15, -0.1) is 0 Å². The lowest BCUT2D eigenvalue weighted by Crippen LogP contribution is -2.36. The molecule has 0 amide bonds. The van der Waals surface area contributed by atoms with E-state index in [9.17, 15) is 9.50 Å². The third-order valence-electron chi connectivity index (χ3n) is 2.46. The lowest BCUT2D eigenvalue weighted by atomic mass is 10.1. The summed E-state index contributed by atoms with van der Waals surface area (Å²) < 4.78 is 13.4. The van der Waals surface area contributed by atoms with E-state index in [-0.39, 0.29) is 17.2 Å². The van der Waals surface area contributed by atoms with E-state index < -0.39 is 5.82 Å². The second-order valence-corrected chi connectivity index (χ2v) is 3.87. The second-order valence-electron chi connectivity index (χ2n) is 3.53. The zero-order chi connectivity index (χ0) is 10.8. The first-order valence-electron chi connectivity index (χ1n) is 4.78. The summed E-state index contributed by atoms with van der Waals surface area (Å²) in [6.45, 7) is 1.18. The molecule has 0 aromatic carbocycles. The summed E-state index contributed by atoms with van der Waals surface area (Å²) in [5, 5.41) is 9.36. The molecule has 6 heteroatoms. The Morgan fingerprint density at radius 2 is 2.13 bits per heavy atom. The maximum Gasteiger partial charge on any atom is 0.224 e. The minimum atomic E-state index is -0.476. The van der Waals surface area contributed by atoms with Crippen LogP contribution >= 0.6 is 11.6 Å².